The Morgan fingerprint density at radius 1 is 0.828 bits per heavy atom. The minimum Gasteiger partial charge on any atom is -0.478 e. The summed E-state index contributed by atoms with van der Waals surface area (Å²) in [5, 5.41) is 8.69. The van der Waals surface area contributed by atoms with Gasteiger partial charge < -0.3 is 19.3 Å². The maximum atomic E-state index is 11.6. The number of carboxylic acid groups (broad SMARTS) is 1. The van der Waals surface area contributed by atoms with E-state index in [-0.39, 0.29) is 22.6 Å². The zero-order valence-corrected chi connectivity index (χ0v) is 16.1. The molecule has 0 saturated carbocycles. The third-order valence-electron chi connectivity index (χ3n) is 3.02. The molecular weight excluding hydrogens is 382 g/mol. The Morgan fingerprint density at radius 3 is 1.66 bits per heavy atom. The highest BCUT2D eigenvalue weighted by molar-refractivity contribution is 5.93. The van der Waals surface area contributed by atoms with Gasteiger partial charge in [0.2, 0.25) is 0 Å². The zero-order valence-electron chi connectivity index (χ0n) is 16.1. The second-order valence-corrected chi connectivity index (χ2v) is 5.60. The quantitative estimate of drug-likeness (QED) is 0.437. The fraction of sp³-hybridized carbons (Fsp3) is 0.200. The number of carbonyl (C=O) groups excluding carboxylic acids is 3. The van der Waals surface area contributed by atoms with Crippen molar-refractivity contribution in [1.29, 1.82) is 0 Å². The Morgan fingerprint density at radius 2 is 1.24 bits per heavy atom. The lowest BCUT2D eigenvalue weighted by Crippen LogP contribution is -2.23. The number of carboxylic acids is 1. The van der Waals surface area contributed by atoms with Crippen LogP contribution in [-0.4, -0.2) is 35.2 Å². The van der Waals surface area contributed by atoms with Crippen LogP contribution in [0.4, 0.5) is 0 Å². The average Bonchev–Trinajstić information content (AvgIpc) is 2.61. The van der Waals surface area contributed by atoms with Crippen molar-refractivity contribution in [2.75, 3.05) is 0 Å². The van der Waals surface area contributed by atoms with Crippen LogP contribution in [0.5, 0.6) is 11.5 Å². The summed E-state index contributed by atoms with van der Waals surface area (Å²) in [7, 11) is 0. The lowest BCUT2D eigenvalue weighted by atomic mass is 10.2. The molecule has 0 aromatic heterocycles. The summed E-state index contributed by atoms with van der Waals surface area (Å²) < 4.78 is 14.4. The highest BCUT2D eigenvalue weighted by atomic mass is 16.6. The van der Waals surface area contributed by atoms with Crippen LogP contribution < -0.4 is 15.2 Å². The maximum absolute atomic E-state index is 11.6. The summed E-state index contributed by atoms with van der Waals surface area (Å²) in [6, 6.07) is 12.3. The summed E-state index contributed by atoms with van der Waals surface area (Å²) in [4.78, 5) is 43.6. The average molecular weight is 403 g/mol. The van der Waals surface area contributed by atoms with Crippen molar-refractivity contribution >= 4 is 23.9 Å². The molecule has 0 aliphatic carbocycles. The van der Waals surface area contributed by atoms with E-state index in [1.165, 1.54) is 45.0 Å². The van der Waals surface area contributed by atoms with Crippen molar-refractivity contribution in [3.63, 3.8) is 0 Å². The van der Waals surface area contributed by atoms with Gasteiger partial charge in [-0.1, -0.05) is 24.3 Å². The number of benzene rings is 2. The molecule has 154 valence electrons. The second kappa shape index (κ2) is 11.2. The second-order valence-electron chi connectivity index (χ2n) is 5.60. The molecule has 0 aliphatic heterocycles. The number of para-hydroxylation sites is 2. The molecule has 2 aromatic carbocycles. The van der Waals surface area contributed by atoms with E-state index in [2.05, 4.69) is 4.74 Å². The molecule has 29 heavy (non-hydrogen) atoms. The molecule has 0 heterocycles. The van der Waals surface area contributed by atoms with Crippen molar-refractivity contribution < 1.29 is 38.5 Å². The van der Waals surface area contributed by atoms with Crippen LogP contribution in [0.25, 0.3) is 0 Å². The van der Waals surface area contributed by atoms with E-state index in [0.717, 1.165) is 0 Å². The van der Waals surface area contributed by atoms with Gasteiger partial charge in [-0.15, -0.1) is 0 Å². The van der Waals surface area contributed by atoms with E-state index in [9.17, 15) is 19.2 Å². The Kier molecular flexibility index (Phi) is 9.00. The molecule has 0 amide bonds. The van der Waals surface area contributed by atoms with E-state index in [0.29, 0.717) is 0 Å². The van der Waals surface area contributed by atoms with Gasteiger partial charge in [-0.2, -0.15) is 0 Å². The van der Waals surface area contributed by atoms with Crippen LogP contribution in [0, 0.1) is 0 Å². The molecule has 2 aromatic rings. The van der Waals surface area contributed by atoms with Gasteiger partial charge >= 0.3 is 23.9 Å². The number of carbonyl (C=O) groups is 4. The van der Waals surface area contributed by atoms with Gasteiger partial charge in [0.15, 0.2) is 0 Å². The number of hydrogen-bond donors (Lipinski definition) is 2. The molecular formula is C20H21NO8. The van der Waals surface area contributed by atoms with Crippen LogP contribution in [0.15, 0.2) is 48.5 Å². The van der Waals surface area contributed by atoms with Gasteiger partial charge in [-0.05, 0) is 31.2 Å². The van der Waals surface area contributed by atoms with E-state index < -0.39 is 30.1 Å². The lowest BCUT2D eigenvalue weighted by Gasteiger charge is -2.10. The first-order valence-electron chi connectivity index (χ1n) is 8.36. The first kappa shape index (κ1) is 23.3. The Balaban J connectivity index is 0.000000296. The molecule has 9 heteroatoms. The SMILES string of the molecule is CC(=O)Oc1ccccc1C(=O)O.CC(=O)Oc1ccccc1C(=O)OC(C)N. The van der Waals surface area contributed by atoms with Gasteiger partial charge in [0.05, 0.1) is 0 Å². The summed E-state index contributed by atoms with van der Waals surface area (Å²) in [6.07, 6.45) is -0.710. The molecule has 0 fully saturated rings. The predicted octanol–water partition coefficient (Wildman–Crippen LogP) is 2.38. The third-order valence-corrected chi connectivity index (χ3v) is 3.02. The van der Waals surface area contributed by atoms with Crippen LogP contribution in [0.3, 0.4) is 0 Å². The Hall–Kier alpha value is -3.72. The Bertz CT molecular complexity index is 892. The molecule has 0 aliphatic rings. The Labute approximate surface area is 167 Å². The van der Waals surface area contributed by atoms with Gasteiger partial charge in [-0.3, -0.25) is 15.3 Å². The van der Waals surface area contributed by atoms with Crippen LogP contribution in [-0.2, 0) is 14.3 Å². The minimum atomic E-state index is -1.11. The van der Waals surface area contributed by atoms with Crippen LogP contribution in [0.2, 0.25) is 0 Å². The van der Waals surface area contributed by atoms with Gasteiger partial charge in [0, 0.05) is 13.8 Å². The molecule has 9 nitrogen and oxygen atoms in total. The number of rotatable bonds is 5. The van der Waals surface area contributed by atoms with E-state index in [4.69, 9.17) is 20.3 Å². The predicted molar refractivity (Wildman–Crippen MR) is 102 cm³/mol. The largest absolute Gasteiger partial charge is 0.478 e. The number of nitrogens with two attached hydrogens (primary N) is 1. The molecule has 1 atom stereocenters. The molecule has 1 unspecified atom stereocenters. The van der Waals surface area contributed by atoms with Gasteiger partial charge in [0.1, 0.15) is 28.9 Å². The van der Waals surface area contributed by atoms with Crippen molar-refractivity contribution in [3.8, 4) is 11.5 Å². The molecule has 2 rings (SSSR count). The normalized spacial score (nSPS) is 10.6. The first-order valence-corrected chi connectivity index (χ1v) is 8.36. The highest BCUT2D eigenvalue weighted by Crippen LogP contribution is 2.19. The fourth-order valence-electron chi connectivity index (χ4n) is 2.00. The topological polar surface area (TPSA) is 142 Å². The van der Waals surface area contributed by atoms with Crippen molar-refractivity contribution in [3.05, 3.63) is 59.7 Å². The highest BCUT2D eigenvalue weighted by Gasteiger charge is 2.16. The number of aromatic carboxylic acids is 1. The summed E-state index contributed by atoms with van der Waals surface area (Å²) >= 11 is 0. The van der Waals surface area contributed by atoms with Gasteiger partial charge in [0.25, 0.3) is 0 Å². The number of ether oxygens (including phenoxy) is 3. The standard InChI is InChI=1S/C11H13NO4.C9H8O4/c1-7(12)15-11(14)9-5-3-4-6-10(9)16-8(2)13;1-6(10)13-8-5-3-2-4-7(8)9(11)12/h3-7H,12H2,1-2H3;2-5H,1H3,(H,11,12). The van der Waals surface area contributed by atoms with Gasteiger partial charge in [-0.25, -0.2) is 9.59 Å². The number of esters is 3. The fourth-order valence-corrected chi connectivity index (χ4v) is 2.00. The molecule has 3 N–H and O–H groups in total. The van der Waals surface area contributed by atoms with E-state index in [1.54, 1.807) is 24.3 Å². The van der Waals surface area contributed by atoms with Crippen LogP contribution >= 0.6 is 0 Å². The van der Waals surface area contributed by atoms with Crippen molar-refractivity contribution in [1.82, 2.24) is 0 Å². The maximum Gasteiger partial charge on any atom is 0.343 e. The van der Waals surface area contributed by atoms with Crippen molar-refractivity contribution in [2.24, 2.45) is 5.73 Å². The summed E-state index contributed by atoms with van der Waals surface area (Å²) in [6.45, 7) is 4.01. The first-order chi connectivity index (χ1) is 13.6. The summed E-state index contributed by atoms with van der Waals surface area (Å²) in [5.74, 6) is -2.53. The van der Waals surface area contributed by atoms with E-state index in [1.807, 2.05) is 0 Å². The third kappa shape index (κ3) is 8.22. The lowest BCUT2D eigenvalue weighted by molar-refractivity contribution is -0.132. The zero-order chi connectivity index (χ0) is 22.0. The van der Waals surface area contributed by atoms with Crippen molar-refractivity contribution in [2.45, 2.75) is 27.0 Å². The summed E-state index contributed by atoms with van der Waals surface area (Å²) in [5.41, 5.74) is 5.49. The molecule has 0 radical (unpaired) electrons. The molecule has 0 saturated heterocycles. The minimum absolute atomic E-state index is 0.0160. The smallest absolute Gasteiger partial charge is 0.343 e. The molecule has 0 spiro atoms. The monoisotopic (exact) mass is 403 g/mol. The van der Waals surface area contributed by atoms with E-state index >= 15 is 0 Å². The van der Waals surface area contributed by atoms with Crippen LogP contribution in [0.1, 0.15) is 41.5 Å². The number of hydrogen-bond acceptors (Lipinski definition) is 8. The molecule has 0 bridgehead atoms.